The van der Waals surface area contributed by atoms with Gasteiger partial charge in [-0.05, 0) is 24.8 Å². The number of sulfonamides is 1. The number of rotatable bonds is 6. The first-order valence-electron chi connectivity index (χ1n) is 5.55. The minimum atomic E-state index is -4.09. The molecular formula is C11H16F2N2O2S2. The number of nitrogens with two attached hydrogens (primary N) is 1. The van der Waals surface area contributed by atoms with Crippen molar-refractivity contribution >= 4 is 27.5 Å². The summed E-state index contributed by atoms with van der Waals surface area (Å²) in [5.41, 5.74) is 5.18. The molecule has 0 fully saturated rings. The van der Waals surface area contributed by atoms with Gasteiger partial charge in [0, 0.05) is 17.5 Å². The number of nitrogens with one attached hydrogen (secondary N) is 1. The highest BCUT2D eigenvalue weighted by Gasteiger charge is 2.22. The molecule has 0 saturated heterocycles. The lowest BCUT2D eigenvalue weighted by molar-refractivity contribution is 0.483. The highest BCUT2D eigenvalue weighted by atomic mass is 32.2. The second-order valence-corrected chi connectivity index (χ2v) is 7.06. The fourth-order valence-corrected chi connectivity index (χ4v) is 2.89. The number of anilines is 1. The predicted octanol–water partition coefficient (Wildman–Crippen LogP) is 1.97. The number of benzene rings is 1. The average molecular weight is 310 g/mol. The minimum Gasteiger partial charge on any atom is -0.399 e. The monoisotopic (exact) mass is 310 g/mol. The highest BCUT2D eigenvalue weighted by Crippen LogP contribution is 2.21. The third kappa shape index (κ3) is 4.32. The van der Waals surface area contributed by atoms with Gasteiger partial charge >= 0.3 is 0 Å². The van der Waals surface area contributed by atoms with E-state index in [-0.39, 0.29) is 17.5 Å². The summed E-state index contributed by atoms with van der Waals surface area (Å²) in [6, 6.07) is 1.64. The van der Waals surface area contributed by atoms with Gasteiger partial charge in [0.05, 0.1) is 0 Å². The Hall–Kier alpha value is -0.860. The standard InChI is InChI=1S/C11H16F2N2O2S2/c1-7(18-2)3-4-15-19(16,17)10-6-8(14)5-9(12)11(10)13/h5-7,15H,3-4,14H2,1-2H3. The van der Waals surface area contributed by atoms with Crippen LogP contribution in [0.25, 0.3) is 0 Å². The van der Waals surface area contributed by atoms with E-state index in [0.29, 0.717) is 6.42 Å². The molecule has 19 heavy (non-hydrogen) atoms. The van der Waals surface area contributed by atoms with E-state index in [1.807, 2.05) is 13.2 Å². The van der Waals surface area contributed by atoms with Crippen LogP contribution in [0.4, 0.5) is 14.5 Å². The zero-order valence-corrected chi connectivity index (χ0v) is 12.2. The summed E-state index contributed by atoms with van der Waals surface area (Å²) in [6.07, 6.45) is 2.50. The minimum absolute atomic E-state index is 0.142. The van der Waals surface area contributed by atoms with Crippen LogP contribution < -0.4 is 10.5 Å². The summed E-state index contributed by atoms with van der Waals surface area (Å²) in [6.45, 7) is 2.10. The second-order valence-electron chi connectivity index (χ2n) is 4.05. The zero-order valence-electron chi connectivity index (χ0n) is 10.6. The number of hydrogen-bond acceptors (Lipinski definition) is 4. The average Bonchev–Trinajstić information content (AvgIpc) is 2.33. The molecule has 0 aliphatic heterocycles. The maximum absolute atomic E-state index is 13.5. The fraction of sp³-hybridized carbons (Fsp3) is 0.455. The molecule has 0 radical (unpaired) electrons. The van der Waals surface area contributed by atoms with E-state index in [0.717, 1.165) is 12.1 Å². The van der Waals surface area contributed by atoms with Crippen LogP contribution in [-0.4, -0.2) is 26.5 Å². The maximum atomic E-state index is 13.5. The van der Waals surface area contributed by atoms with Crippen molar-refractivity contribution in [3.8, 4) is 0 Å². The van der Waals surface area contributed by atoms with Crippen LogP contribution in [0.5, 0.6) is 0 Å². The van der Waals surface area contributed by atoms with Crippen molar-refractivity contribution in [2.24, 2.45) is 0 Å². The van der Waals surface area contributed by atoms with Gasteiger partial charge in [0.2, 0.25) is 10.0 Å². The normalized spacial score (nSPS) is 13.5. The highest BCUT2D eigenvalue weighted by molar-refractivity contribution is 7.99. The molecule has 1 aromatic rings. The molecule has 108 valence electrons. The Kier molecular flexibility index (Phi) is 5.57. The zero-order chi connectivity index (χ0) is 14.6. The summed E-state index contributed by atoms with van der Waals surface area (Å²) in [4.78, 5) is -0.762. The van der Waals surface area contributed by atoms with E-state index >= 15 is 0 Å². The quantitative estimate of drug-likeness (QED) is 0.788. The lowest BCUT2D eigenvalue weighted by Crippen LogP contribution is -2.27. The van der Waals surface area contributed by atoms with E-state index < -0.39 is 26.6 Å². The van der Waals surface area contributed by atoms with Gasteiger partial charge < -0.3 is 5.73 Å². The molecule has 1 aromatic carbocycles. The van der Waals surface area contributed by atoms with Gasteiger partial charge in [-0.1, -0.05) is 6.92 Å². The number of halogens is 2. The van der Waals surface area contributed by atoms with Gasteiger partial charge in [0.15, 0.2) is 11.6 Å². The Balaban J connectivity index is 2.89. The smallest absolute Gasteiger partial charge is 0.243 e. The topological polar surface area (TPSA) is 72.2 Å². The largest absolute Gasteiger partial charge is 0.399 e. The first kappa shape index (κ1) is 16.2. The molecule has 0 spiro atoms. The van der Waals surface area contributed by atoms with Crippen LogP contribution in [-0.2, 0) is 10.0 Å². The molecule has 1 atom stereocenters. The van der Waals surface area contributed by atoms with Crippen molar-refractivity contribution in [3.63, 3.8) is 0 Å². The number of thioether (sulfide) groups is 1. The summed E-state index contributed by atoms with van der Waals surface area (Å²) >= 11 is 1.59. The molecule has 0 aliphatic rings. The molecule has 0 heterocycles. The van der Waals surface area contributed by atoms with Crippen molar-refractivity contribution in [1.82, 2.24) is 4.72 Å². The molecule has 1 unspecified atom stereocenters. The summed E-state index contributed by atoms with van der Waals surface area (Å²) in [5.74, 6) is -2.70. The lowest BCUT2D eigenvalue weighted by Gasteiger charge is -2.11. The molecule has 8 heteroatoms. The van der Waals surface area contributed by atoms with E-state index in [1.165, 1.54) is 0 Å². The van der Waals surface area contributed by atoms with Crippen LogP contribution >= 0.6 is 11.8 Å². The molecule has 0 saturated carbocycles. The Labute approximate surface area is 115 Å². The van der Waals surface area contributed by atoms with Crippen LogP contribution in [0.15, 0.2) is 17.0 Å². The van der Waals surface area contributed by atoms with Crippen molar-refractivity contribution in [2.75, 3.05) is 18.5 Å². The molecule has 0 aliphatic carbocycles. The third-order valence-corrected chi connectivity index (χ3v) is 5.05. The molecule has 1 rings (SSSR count). The van der Waals surface area contributed by atoms with E-state index in [1.54, 1.807) is 11.8 Å². The van der Waals surface area contributed by atoms with Crippen LogP contribution in [0.2, 0.25) is 0 Å². The molecule has 0 amide bonds. The van der Waals surface area contributed by atoms with Gasteiger partial charge in [-0.3, -0.25) is 0 Å². The lowest BCUT2D eigenvalue weighted by atomic mass is 10.3. The Morgan fingerprint density at radius 1 is 1.42 bits per heavy atom. The van der Waals surface area contributed by atoms with Gasteiger partial charge in [-0.15, -0.1) is 0 Å². The van der Waals surface area contributed by atoms with Gasteiger partial charge in [0.25, 0.3) is 0 Å². The maximum Gasteiger partial charge on any atom is 0.243 e. The van der Waals surface area contributed by atoms with Crippen LogP contribution in [0, 0.1) is 11.6 Å². The van der Waals surface area contributed by atoms with E-state index in [2.05, 4.69) is 4.72 Å². The Bertz CT molecular complexity index is 550. The second kappa shape index (κ2) is 6.53. The van der Waals surface area contributed by atoms with Crippen molar-refractivity contribution in [3.05, 3.63) is 23.8 Å². The molecule has 4 nitrogen and oxygen atoms in total. The number of hydrogen-bond donors (Lipinski definition) is 2. The predicted molar refractivity (Wildman–Crippen MR) is 73.6 cm³/mol. The first-order valence-corrected chi connectivity index (χ1v) is 8.32. The van der Waals surface area contributed by atoms with Crippen molar-refractivity contribution in [2.45, 2.75) is 23.5 Å². The van der Waals surface area contributed by atoms with Crippen molar-refractivity contribution < 1.29 is 17.2 Å². The molecule has 0 aromatic heterocycles. The summed E-state index contributed by atoms with van der Waals surface area (Å²) < 4.78 is 52.5. The van der Waals surface area contributed by atoms with Crippen molar-refractivity contribution in [1.29, 1.82) is 0 Å². The van der Waals surface area contributed by atoms with Gasteiger partial charge in [0.1, 0.15) is 4.90 Å². The van der Waals surface area contributed by atoms with Crippen LogP contribution in [0.1, 0.15) is 13.3 Å². The van der Waals surface area contributed by atoms with Gasteiger partial charge in [-0.25, -0.2) is 21.9 Å². The SMILES string of the molecule is CSC(C)CCNS(=O)(=O)c1cc(N)cc(F)c1F. The Morgan fingerprint density at radius 2 is 2.05 bits per heavy atom. The molecular weight excluding hydrogens is 294 g/mol. The van der Waals surface area contributed by atoms with Gasteiger partial charge in [-0.2, -0.15) is 11.8 Å². The fourth-order valence-electron chi connectivity index (χ4n) is 1.37. The first-order chi connectivity index (χ1) is 8.77. The van der Waals surface area contributed by atoms with E-state index in [9.17, 15) is 17.2 Å². The van der Waals surface area contributed by atoms with E-state index in [4.69, 9.17) is 5.73 Å². The molecule has 0 bridgehead atoms. The summed E-state index contributed by atoms with van der Waals surface area (Å²) in [5, 5.41) is 0.269. The molecule has 3 N–H and O–H groups in total. The van der Waals surface area contributed by atoms with Crippen LogP contribution in [0.3, 0.4) is 0 Å². The Morgan fingerprint density at radius 3 is 2.63 bits per heavy atom. The number of nitrogen functional groups attached to an aromatic ring is 1. The summed E-state index contributed by atoms with van der Waals surface area (Å²) in [7, 11) is -4.09. The third-order valence-electron chi connectivity index (χ3n) is 2.55.